The van der Waals surface area contributed by atoms with Gasteiger partial charge in [-0.05, 0) is 42.8 Å². The Balaban J connectivity index is 1.18. The van der Waals surface area contributed by atoms with Crippen LogP contribution in [0, 0.1) is 12.8 Å². The van der Waals surface area contributed by atoms with Gasteiger partial charge in [-0.3, -0.25) is 4.79 Å². The van der Waals surface area contributed by atoms with Crippen molar-refractivity contribution in [2.24, 2.45) is 5.92 Å². The minimum atomic E-state index is -3.44. The molecule has 33 heavy (non-hydrogen) atoms. The van der Waals surface area contributed by atoms with E-state index in [1.807, 2.05) is 24.0 Å². The average molecular weight is 525 g/mol. The average Bonchev–Trinajstić information content (AvgIpc) is 3.53. The molecule has 1 amide bonds. The van der Waals surface area contributed by atoms with Crippen LogP contribution in [0.1, 0.15) is 18.4 Å². The molecular weight excluding hydrogens is 500 g/mol. The zero-order chi connectivity index (χ0) is 23.2. The van der Waals surface area contributed by atoms with Gasteiger partial charge in [0.25, 0.3) is 10.0 Å². The molecule has 0 bridgehead atoms. The van der Waals surface area contributed by atoms with Gasteiger partial charge < -0.3 is 9.80 Å². The second kappa shape index (κ2) is 9.14. The number of anilines is 1. The normalized spacial score (nSPS) is 18.8. The van der Waals surface area contributed by atoms with E-state index in [0.29, 0.717) is 43.2 Å². The SMILES string of the molecule is Cc1ccc(Cl)c2sc(N3CCN(C(=O)C4CCN(S(=O)(=O)c5cccs5)CC4)CC3)nc12. The van der Waals surface area contributed by atoms with Gasteiger partial charge in [-0.2, -0.15) is 4.31 Å². The van der Waals surface area contributed by atoms with Crippen LogP contribution < -0.4 is 4.90 Å². The smallest absolute Gasteiger partial charge is 0.252 e. The van der Waals surface area contributed by atoms with Gasteiger partial charge in [0, 0.05) is 45.2 Å². The number of carbonyl (C=O) groups excluding carboxylic acids is 1. The number of piperidine rings is 1. The number of hydrogen-bond donors (Lipinski definition) is 0. The number of thiazole rings is 1. The maximum atomic E-state index is 13.1. The van der Waals surface area contributed by atoms with Crippen LogP contribution in [0.25, 0.3) is 10.2 Å². The summed E-state index contributed by atoms with van der Waals surface area (Å²) in [6.07, 6.45) is 1.14. The summed E-state index contributed by atoms with van der Waals surface area (Å²) in [4.78, 5) is 22.1. The van der Waals surface area contributed by atoms with Crippen LogP contribution in [-0.4, -0.2) is 67.8 Å². The molecule has 3 aromatic rings. The second-order valence-electron chi connectivity index (χ2n) is 8.46. The van der Waals surface area contributed by atoms with Crippen molar-refractivity contribution in [1.29, 1.82) is 0 Å². The first-order valence-corrected chi connectivity index (χ1v) is 14.5. The quantitative estimate of drug-likeness (QED) is 0.514. The van der Waals surface area contributed by atoms with Gasteiger partial charge in [0.15, 0.2) is 5.13 Å². The number of carbonyl (C=O) groups is 1. The highest BCUT2D eigenvalue weighted by Crippen LogP contribution is 2.36. The number of benzene rings is 1. The lowest BCUT2D eigenvalue weighted by molar-refractivity contribution is -0.137. The van der Waals surface area contributed by atoms with Crippen LogP contribution in [0.4, 0.5) is 5.13 Å². The first-order chi connectivity index (χ1) is 15.8. The molecule has 0 radical (unpaired) electrons. The van der Waals surface area contributed by atoms with Crippen molar-refractivity contribution in [3.63, 3.8) is 0 Å². The number of amides is 1. The van der Waals surface area contributed by atoms with Crippen molar-refractivity contribution in [3.8, 4) is 0 Å². The van der Waals surface area contributed by atoms with E-state index < -0.39 is 10.0 Å². The minimum absolute atomic E-state index is 0.116. The third-order valence-corrected chi connectivity index (χ3v) is 11.3. The van der Waals surface area contributed by atoms with E-state index >= 15 is 0 Å². The number of hydrogen-bond acceptors (Lipinski definition) is 7. The van der Waals surface area contributed by atoms with E-state index in [2.05, 4.69) is 4.90 Å². The number of nitrogens with zero attached hydrogens (tertiary/aromatic N) is 4. The van der Waals surface area contributed by atoms with Gasteiger partial charge in [0.1, 0.15) is 4.21 Å². The van der Waals surface area contributed by atoms with Crippen LogP contribution in [0.15, 0.2) is 33.9 Å². The van der Waals surface area contributed by atoms with Crippen LogP contribution in [0.2, 0.25) is 5.02 Å². The number of halogens is 1. The van der Waals surface area contributed by atoms with E-state index in [1.165, 1.54) is 15.6 Å². The van der Waals surface area contributed by atoms with E-state index in [0.717, 1.165) is 39.0 Å². The number of aryl methyl sites for hydroxylation is 1. The summed E-state index contributed by atoms with van der Waals surface area (Å²) in [7, 11) is -3.44. The fourth-order valence-electron chi connectivity index (χ4n) is 4.48. The molecule has 5 rings (SSSR count). The monoisotopic (exact) mass is 524 g/mol. The number of piperazine rings is 1. The van der Waals surface area contributed by atoms with Gasteiger partial charge in [0.2, 0.25) is 5.91 Å². The lowest BCUT2D eigenvalue weighted by atomic mass is 9.96. The van der Waals surface area contributed by atoms with Gasteiger partial charge in [-0.15, -0.1) is 11.3 Å². The van der Waals surface area contributed by atoms with E-state index in [1.54, 1.807) is 28.8 Å². The van der Waals surface area contributed by atoms with Crippen molar-refractivity contribution in [3.05, 3.63) is 40.2 Å². The molecule has 0 N–H and O–H groups in total. The van der Waals surface area contributed by atoms with Gasteiger partial charge in [0.05, 0.1) is 15.2 Å². The number of fused-ring (bicyclic) bond motifs is 1. The summed E-state index contributed by atoms with van der Waals surface area (Å²) in [5.41, 5.74) is 2.06. The molecule has 2 aliphatic rings. The Morgan fingerprint density at radius 2 is 1.82 bits per heavy atom. The lowest BCUT2D eigenvalue weighted by Gasteiger charge is -2.38. The Morgan fingerprint density at radius 3 is 2.45 bits per heavy atom. The first-order valence-electron chi connectivity index (χ1n) is 11.0. The first kappa shape index (κ1) is 23.0. The Bertz CT molecular complexity index is 1220. The molecule has 0 atom stereocenters. The molecule has 7 nitrogen and oxygen atoms in total. The fraction of sp³-hybridized carbons (Fsp3) is 0.455. The van der Waals surface area contributed by atoms with Crippen LogP contribution >= 0.6 is 34.3 Å². The van der Waals surface area contributed by atoms with Gasteiger partial charge in [-0.25, -0.2) is 13.4 Å². The predicted octanol–water partition coefficient (Wildman–Crippen LogP) is 4.07. The summed E-state index contributed by atoms with van der Waals surface area (Å²) >= 11 is 9.19. The molecule has 2 fully saturated rings. The number of aromatic nitrogens is 1. The molecule has 0 aliphatic carbocycles. The van der Waals surface area contributed by atoms with Crippen molar-refractivity contribution >= 4 is 65.6 Å². The molecule has 2 aliphatic heterocycles. The maximum Gasteiger partial charge on any atom is 0.252 e. The zero-order valence-electron chi connectivity index (χ0n) is 18.2. The molecule has 11 heteroatoms. The Labute approximate surface area is 206 Å². The summed E-state index contributed by atoms with van der Waals surface area (Å²) in [5, 5.41) is 3.44. The molecule has 2 saturated heterocycles. The molecule has 0 saturated carbocycles. The topological polar surface area (TPSA) is 73.8 Å². The van der Waals surface area contributed by atoms with E-state index in [4.69, 9.17) is 16.6 Å². The zero-order valence-corrected chi connectivity index (χ0v) is 21.4. The number of thiophene rings is 1. The van der Waals surface area contributed by atoms with E-state index in [9.17, 15) is 13.2 Å². The van der Waals surface area contributed by atoms with Crippen LogP contribution in [0.3, 0.4) is 0 Å². The van der Waals surface area contributed by atoms with Crippen molar-refractivity contribution < 1.29 is 13.2 Å². The highest BCUT2D eigenvalue weighted by atomic mass is 35.5. The third-order valence-electron chi connectivity index (χ3n) is 6.44. The van der Waals surface area contributed by atoms with E-state index in [-0.39, 0.29) is 11.8 Å². The molecule has 2 aromatic heterocycles. The Morgan fingerprint density at radius 1 is 1.09 bits per heavy atom. The van der Waals surface area contributed by atoms with Crippen LogP contribution in [-0.2, 0) is 14.8 Å². The van der Waals surface area contributed by atoms with Crippen molar-refractivity contribution in [2.75, 3.05) is 44.2 Å². The Kier molecular flexibility index (Phi) is 6.39. The number of rotatable bonds is 4. The standard InChI is InChI=1S/C22H25ClN4O3S3/c1-15-4-5-17(23)20-19(15)24-22(32-20)26-12-10-25(11-13-26)21(28)16-6-8-27(9-7-16)33(29,30)18-3-2-14-31-18/h2-5,14,16H,6-13H2,1H3. The van der Waals surface area contributed by atoms with Crippen molar-refractivity contribution in [1.82, 2.24) is 14.2 Å². The molecule has 4 heterocycles. The fourth-order valence-corrected chi connectivity index (χ4v) is 8.47. The molecular formula is C22H25ClN4O3S3. The second-order valence-corrected chi connectivity index (χ2v) is 13.0. The predicted molar refractivity (Wildman–Crippen MR) is 134 cm³/mol. The molecule has 176 valence electrons. The lowest BCUT2D eigenvalue weighted by Crippen LogP contribution is -2.52. The number of sulfonamides is 1. The summed E-state index contributed by atoms with van der Waals surface area (Å²) in [5.74, 6) is 0.0289. The van der Waals surface area contributed by atoms with Crippen molar-refractivity contribution in [2.45, 2.75) is 24.0 Å². The summed E-state index contributed by atoms with van der Waals surface area (Å²) < 4.78 is 28.3. The summed E-state index contributed by atoms with van der Waals surface area (Å²) in [6.45, 7) is 5.58. The molecule has 0 unspecified atom stereocenters. The van der Waals surface area contributed by atoms with Crippen LogP contribution in [0.5, 0.6) is 0 Å². The minimum Gasteiger partial charge on any atom is -0.345 e. The molecule has 0 spiro atoms. The van der Waals surface area contributed by atoms with Gasteiger partial charge in [-0.1, -0.05) is 35.1 Å². The maximum absolute atomic E-state index is 13.1. The van der Waals surface area contributed by atoms with Gasteiger partial charge >= 0.3 is 0 Å². The summed E-state index contributed by atoms with van der Waals surface area (Å²) in [6, 6.07) is 7.28. The third kappa shape index (κ3) is 4.39. The molecule has 1 aromatic carbocycles. The highest BCUT2D eigenvalue weighted by Gasteiger charge is 2.35. The highest BCUT2D eigenvalue weighted by molar-refractivity contribution is 7.91. The Hall–Kier alpha value is -1.72. The largest absolute Gasteiger partial charge is 0.345 e.